The van der Waals surface area contributed by atoms with Crippen molar-refractivity contribution < 1.29 is 9.53 Å². The van der Waals surface area contributed by atoms with E-state index in [0.717, 1.165) is 10.0 Å². The maximum atomic E-state index is 11.9. The molecule has 0 aliphatic carbocycles. The van der Waals surface area contributed by atoms with Gasteiger partial charge in [0.25, 0.3) is 0 Å². The Hall–Kier alpha value is -2.29. The van der Waals surface area contributed by atoms with Gasteiger partial charge < -0.3 is 4.74 Å². The molecule has 0 saturated carbocycles. The molecule has 0 radical (unpaired) electrons. The van der Waals surface area contributed by atoms with Crippen LogP contribution in [0.5, 0.6) is 5.75 Å². The maximum absolute atomic E-state index is 11.9. The molecular formula is C18H14BrClN2O2. The van der Waals surface area contributed by atoms with E-state index in [1.165, 1.54) is 6.21 Å². The Morgan fingerprint density at radius 3 is 2.79 bits per heavy atom. The van der Waals surface area contributed by atoms with Crippen LogP contribution in [0.4, 0.5) is 0 Å². The molecule has 2 aromatic carbocycles. The Morgan fingerprint density at radius 2 is 2.08 bits per heavy atom. The van der Waals surface area contributed by atoms with Crippen molar-refractivity contribution in [2.45, 2.75) is 6.42 Å². The van der Waals surface area contributed by atoms with Gasteiger partial charge in [-0.25, -0.2) is 5.43 Å². The number of benzene rings is 2. The molecule has 0 aliphatic rings. The van der Waals surface area contributed by atoms with Gasteiger partial charge in [0, 0.05) is 15.1 Å². The van der Waals surface area contributed by atoms with Crippen molar-refractivity contribution in [1.29, 1.82) is 0 Å². The van der Waals surface area contributed by atoms with Crippen LogP contribution in [0.2, 0.25) is 5.02 Å². The number of carbonyl (C=O) groups is 1. The number of carbonyl (C=O) groups excluding carboxylic acids is 1. The van der Waals surface area contributed by atoms with Crippen molar-refractivity contribution in [3.8, 4) is 18.1 Å². The van der Waals surface area contributed by atoms with Crippen LogP contribution in [0.15, 0.2) is 52.0 Å². The summed E-state index contributed by atoms with van der Waals surface area (Å²) in [5.74, 6) is 2.71. The molecule has 0 bridgehead atoms. The molecule has 0 aliphatic heterocycles. The molecule has 1 amide bonds. The summed E-state index contributed by atoms with van der Waals surface area (Å²) in [6, 6.07) is 12.6. The fourth-order valence-corrected chi connectivity index (χ4v) is 2.32. The molecular weight excluding hydrogens is 392 g/mol. The third kappa shape index (κ3) is 5.73. The van der Waals surface area contributed by atoms with E-state index < -0.39 is 0 Å². The number of amides is 1. The van der Waals surface area contributed by atoms with Crippen LogP contribution in [-0.4, -0.2) is 18.7 Å². The zero-order valence-corrected chi connectivity index (χ0v) is 15.0. The largest absolute Gasteiger partial charge is 0.480 e. The highest BCUT2D eigenvalue weighted by Crippen LogP contribution is 2.21. The normalized spacial score (nSPS) is 10.4. The number of terminal acetylenes is 1. The molecule has 2 aromatic rings. The first kappa shape index (κ1) is 18.1. The van der Waals surface area contributed by atoms with Crippen LogP contribution in [-0.2, 0) is 11.2 Å². The lowest BCUT2D eigenvalue weighted by atomic mass is 10.1. The molecule has 0 fully saturated rings. The highest BCUT2D eigenvalue weighted by molar-refractivity contribution is 9.10. The van der Waals surface area contributed by atoms with Gasteiger partial charge in [0.15, 0.2) is 0 Å². The predicted octanol–water partition coefficient (Wildman–Crippen LogP) is 3.81. The molecule has 0 aromatic heterocycles. The lowest BCUT2D eigenvalue weighted by Gasteiger charge is -2.06. The number of nitrogens with one attached hydrogen (secondary N) is 1. The van der Waals surface area contributed by atoms with Gasteiger partial charge in [0.2, 0.25) is 5.91 Å². The quantitative estimate of drug-likeness (QED) is 0.451. The lowest BCUT2D eigenvalue weighted by molar-refractivity contribution is -0.120. The van der Waals surface area contributed by atoms with E-state index in [0.29, 0.717) is 16.3 Å². The number of ether oxygens (including phenoxy) is 1. The van der Waals surface area contributed by atoms with Crippen LogP contribution in [0.3, 0.4) is 0 Å². The second-order valence-corrected chi connectivity index (χ2v) is 6.12. The fraction of sp³-hybridized carbons (Fsp3) is 0.111. The Morgan fingerprint density at radius 1 is 1.33 bits per heavy atom. The van der Waals surface area contributed by atoms with E-state index in [2.05, 4.69) is 32.4 Å². The number of nitrogens with zero attached hydrogens (tertiary/aromatic N) is 1. The second-order valence-electron chi connectivity index (χ2n) is 4.77. The van der Waals surface area contributed by atoms with Crippen molar-refractivity contribution in [2.75, 3.05) is 6.61 Å². The first-order chi connectivity index (χ1) is 11.6. The van der Waals surface area contributed by atoms with E-state index in [1.54, 1.807) is 18.2 Å². The van der Waals surface area contributed by atoms with E-state index in [1.807, 2.05) is 24.3 Å². The Balaban J connectivity index is 1.98. The molecule has 1 N–H and O–H groups in total. The number of halogens is 2. The second kappa shape index (κ2) is 9.11. The topological polar surface area (TPSA) is 50.7 Å². The number of hydrazone groups is 1. The summed E-state index contributed by atoms with van der Waals surface area (Å²) in [6.07, 6.45) is 6.89. The average molecular weight is 406 g/mol. The molecule has 0 saturated heterocycles. The highest BCUT2D eigenvalue weighted by Gasteiger charge is 2.04. The van der Waals surface area contributed by atoms with Crippen molar-refractivity contribution >= 4 is 39.7 Å². The summed E-state index contributed by atoms with van der Waals surface area (Å²) in [6.45, 7) is 0.137. The van der Waals surface area contributed by atoms with Crippen LogP contribution in [0.25, 0.3) is 0 Å². The molecule has 24 heavy (non-hydrogen) atoms. The minimum absolute atomic E-state index is 0.137. The van der Waals surface area contributed by atoms with Crippen LogP contribution in [0.1, 0.15) is 11.1 Å². The summed E-state index contributed by atoms with van der Waals surface area (Å²) in [4.78, 5) is 11.9. The van der Waals surface area contributed by atoms with Gasteiger partial charge in [-0.15, -0.1) is 6.42 Å². The first-order valence-corrected chi connectivity index (χ1v) is 8.18. The molecule has 2 rings (SSSR count). The van der Waals surface area contributed by atoms with Gasteiger partial charge >= 0.3 is 0 Å². The van der Waals surface area contributed by atoms with Crippen molar-refractivity contribution in [3.05, 3.63) is 63.1 Å². The van der Waals surface area contributed by atoms with Crippen molar-refractivity contribution in [1.82, 2.24) is 5.43 Å². The van der Waals surface area contributed by atoms with Gasteiger partial charge in [-0.2, -0.15) is 5.10 Å². The summed E-state index contributed by atoms with van der Waals surface area (Å²) in [7, 11) is 0. The van der Waals surface area contributed by atoms with Crippen LogP contribution in [0, 0.1) is 12.3 Å². The zero-order chi connectivity index (χ0) is 17.4. The van der Waals surface area contributed by atoms with E-state index in [-0.39, 0.29) is 18.9 Å². The smallest absolute Gasteiger partial charge is 0.244 e. The number of hydrogen-bond acceptors (Lipinski definition) is 3. The molecule has 122 valence electrons. The standard InChI is InChI=1S/C18H14BrClN2O2/c1-2-9-24-17-8-7-16(20)11-14(17)12-21-22-18(23)10-13-3-5-15(19)6-4-13/h1,3-8,11-12H,9-10H2,(H,22,23)/b21-12-. The Bertz CT molecular complexity index is 783. The van der Waals surface area contributed by atoms with Gasteiger partial charge in [0.05, 0.1) is 12.6 Å². The monoisotopic (exact) mass is 404 g/mol. The summed E-state index contributed by atoms with van der Waals surface area (Å²) >= 11 is 9.31. The molecule has 0 atom stereocenters. The first-order valence-electron chi connectivity index (χ1n) is 7.00. The van der Waals surface area contributed by atoms with Gasteiger partial charge in [0.1, 0.15) is 12.4 Å². The third-order valence-corrected chi connectivity index (χ3v) is 3.72. The van der Waals surface area contributed by atoms with Crippen LogP contribution >= 0.6 is 27.5 Å². The fourth-order valence-electron chi connectivity index (χ4n) is 1.87. The molecule has 0 spiro atoms. The molecule has 0 unspecified atom stereocenters. The highest BCUT2D eigenvalue weighted by atomic mass is 79.9. The van der Waals surface area contributed by atoms with E-state index >= 15 is 0 Å². The maximum Gasteiger partial charge on any atom is 0.244 e. The SMILES string of the molecule is C#CCOc1ccc(Cl)cc1/C=N\NC(=O)Cc1ccc(Br)cc1. The molecule has 4 nitrogen and oxygen atoms in total. The number of hydrogen-bond donors (Lipinski definition) is 1. The van der Waals surface area contributed by atoms with Gasteiger partial charge in [-0.1, -0.05) is 45.6 Å². The Labute approximate surface area is 154 Å². The van der Waals surface area contributed by atoms with Gasteiger partial charge in [-0.3, -0.25) is 4.79 Å². The van der Waals surface area contributed by atoms with Gasteiger partial charge in [-0.05, 0) is 35.9 Å². The van der Waals surface area contributed by atoms with E-state index in [4.69, 9.17) is 22.8 Å². The average Bonchev–Trinajstić information content (AvgIpc) is 2.56. The third-order valence-electron chi connectivity index (χ3n) is 2.95. The minimum Gasteiger partial charge on any atom is -0.480 e. The Kier molecular flexibility index (Phi) is 6.86. The molecule has 0 heterocycles. The van der Waals surface area contributed by atoms with E-state index in [9.17, 15) is 4.79 Å². The lowest BCUT2D eigenvalue weighted by Crippen LogP contribution is -2.19. The molecule has 6 heteroatoms. The summed E-state index contributed by atoms with van der Waals surface area (Å²) < 4.78 is 6.37. The van der Waals surface area contributed by atoms with Crippen molar-refractivity contribution in [2.24, 2.45) is 5.10 Å². The number of rotatable bonds is 6. The summed E-state index contributed by atoms with van der Waals surface area (Å²) in [5, 5.41) is 4.47. The van der Waals surface area contributed by atoms with Crippen molar-refractivity contribution in [3.63, 3.8) is 0 Å². The summed E-state index contributed by atoms with van der Waals surface area (Å²) in [5.41, 5.74) is 4.00. The minimum atomic E-state index is -0.221. The zero-order valence-electron chi connectivity index (χ0n) is 12.6. The van der Waals surface area contributed by atoms with Crippen LogP contribution < -0.4 is 10.2 Å². The predicted molar refractivity (Wildman–Crippen MR) is 99.4 cm³/mol.